The highest BCUT2D eigenvalue weighted by atomic mass is 16.6. The van der Waals surface area contributed by atoms with Crippen LogP contribution in [-0.2, 0) is 9.53 Å². The van der Waals surface area contributed by atoms with Gasteiger partial charge in [0.25, 0.3) is 0 Å². The van der Waals surface area contributed by atoms with E-state index < -0.39 is 29.6 Å². The van der Waals surface area contributed by atoms with E-state index in [1.54, 1.807) is 20.8 Å². The Kier molecular flexibility index (Phi) is 4.44. The standard InChI is InChI=1S/C17H23NO4/c1-11-7-5-6-8-12(11)14-13(15(19)20)9-10-18(14)16(21)22-17(2,3)4/h5-8,13-14H,9-10H2,1-4H3,(H,19,20)/p-1/t13-,14+/m1/s1. The lowest BCUT2D eigenvalue weighted by Gasteiger charge is -2.32. The molecule has 0 spiro atoms. The third kappa shape index (κ3) is 3.40. The average Bonchev–Trinajstić information content (AvgIpc) is 2.82. The number of carboxylic acid groups (broad SMARTS) is 1. The fourth-order valence-corrected chi connectivity index (χ4v) is 2.87. The van der Waals surface area contributed by atoms with Gasteiger partial charge in [-0.2, -0.15) is 0 Å². The summed E-state index contributed by atoms with van der Waals surface area (Å²) in [6.07, 6.45) is -0.106. The first-order valence-corrected chi connectivity index (χ1v) is 7.46. The molecule has 0 saturated carbocycles. The minimum Gasteiger partial charge on any atom is -0.550 e. The van der Waals surface area contributed by atoms with Crippen molar-refractivity contribution in [3.8, 4) is 0 Å². The monoisotopic (exact) mass is 304 g/mol. The Morgan fingerprint density at radius 3 is 2.45 bits per heavy atom. The minimum atomic E-state index is -1.13. The molecule has 1 aliphatic heterocycles. The number of amides is 1. The van der Waals surface area contributed by atoms with Gasteiger partial charge in [0.1, 0.15) is 5.60 Å². The number of likely N-dealkylation sites (tertiary alicyclic amines) is 1. The Labute approximate surface area is 130 Å². The Hall–Kier alpha value is -2.04. The third-order valence-corrected chi connectivity index (χ3v) is 3.84. The fourth-order valence-electron chi connectivity index (χ4n) is 2.87. The minimum absolute atomic E-state index is 0.354. The second-order valence-electron chi connectivity index (χ2n) is 6.69. The zero-order valence-electron chi connectivity index (χ0n) is 13.5. The highest BCUT2D eigenvalue weighted by Gasteiger charge is 2.41. The lowest BCUT2D eigenvalue weighted by molar-refractivity contribution is -0.312. The predicted octanol–water partition coefficient (Wildman–Crippen LogP) is 2.04. The van der Waals surface area contributed by atoms with Gasteiger partial charge in [-0.3, -0.25) is 0 Å². The second kappa shape index (κ2) is 5.99. The van der Waals surface area contributed by atoms with E-state index in [0.717, 1.165) is 11.1 Å². The maximum Gasteiger partial charge on any atom is 0.410 e. The zero-order valence-corrected chi connectivity index (χ0v) is 13.5. The van der Waals surface area contributed by atoms with Gasteiger partial charge in [-0.25, -0.2) is 4.79 Å². The molecule has 1 aliphatic rings. The van der Waals surface area contributed by atoms with E-state index in [-0.39, 0.29) is 0 Å². The van der Waals surface area contributed by atoms with E-state index >= 15 is 0 Å². The van der Waals surface area contributed by atoms with Crippen LogP contribution in [0.15, 0.2) is 24.3 Å². The van der Waals surface area contributed by atoms with Crippen molar-refractivity contribution >= 4 is 12.1 Å². The molecule has 0 aliphatic carbocycles. The Morgan fingerprint density at radius 2 is 1.91 bits per heavy atom. The molecule has 120 valence electrons. The van der Waals surface area contributed by atoms with Gasteiger partial charge in [0.15, 0.2) is 0 Å². The summed E-state index contributed by atoms with van der Waals surface area (Å²) in [6.45, 7) is 7.64. The van der Waals surface area contributed by atoms with E-state index in [9.17, 15) is 14.7 Å². The highest BCUT2D eigenvalue weighted by molar-refractivity contribution is 5.75. The van der Waals surface area contributed by atoms with Crippen LogP contribution in [-0.4, -0.2) is 29.1 Å². The lowest BCUT2D eigenvalue weighted by atomic mass is 9.91. The molecular weight excluding hydrogens is 282 g/mol. The van der Waals surface area contributed by atoms with Crippen LogP contribution in [0.4, 0.5) is 4.79 Å². The number of hydrogen-bond acceptors (Lipinski definition) is 4. The smallest absolute Gasteiger partial charge is 0.410 e. The van der Waals surface area contributed by atoms with Crippen LogP contribution in [0.2, 0.25) is 0 Å². The van der Waals surface area contributed by atoms with Gasteiger partial charge >= 0.3 is 6.09 Å². The average molecular weight is 304 g/mol. The Morgan fingerprint density at radius 1 is 1.27 bits per heavy atom. The summed E-state index contributed by atoms with van der Waals surface area (Å²) >= 11 is 0. The van der Waals surface area contributed by atoms with Crippen LogP contribution in [0, 0.1) is 12.8 Å². The number of aliphatic carboxylic acids is 1. The molecule has 5 nitrogen and oxygen atoms in total. The molecule has 0 N–H and O–H groups in total. The van der Waals surface area contributed by atoms with Gasteiger partial charge in [-0.15, -0.1) is 0 Å². The van der Waals surface area contributed by atoms with Crippen molar-refractivity contribution in [1.29, 1.82) is 0 Å². The molecule has 2 rings (SSSR count). The summed E-state index contributed by atoms with van der Waals surface area (Å²) in [5, 5.41) is 11.5. The number of aryl methyl sites for hydroxylation is 1. The molecule has 1 aromatic rings. The quantitative estimate of drug-likeness (QED) is 0.838. The number of carbonyl (C=O) groups excluding carboxylic acids is 2. The maximum atomic E-state index is 12.4. The van der Waals surface area contributed by atoms with Crippen LogP contribution < -0.4 is 5.11 Å². The first-order valence-electron chi connectivity index (χ1n) is 7.46. The number of rotatable bonds is 2. The predicted molar refractivity (Wildman–Crippen MR) is 80.0 cm³/mol. The first-order chi connectivity index (χ1) is 10.2. The molecule has 1 amide bonds. The van der Waals surface area contributed by atoms with Crippen molar-refractivity contribution in [1.82, 2.24) is 4.90 Å². The van der Waals surface area contributed by atoms with Crippen molar-refractivity contribution in [3.63, 3.8) is 0 Å². The Bertz CT molecular complexity index is 576. The molecule has 0 unspecified atom stereocenters. The van der Waals surface area contributed by atoms with Crippen LogP contribution >= 0.6 is 0 Å². The molecule has 0 radical (unpaired) electrons. The van der Waals surface area contributed by atoms with E-state index in [2.05, 4.69) is 0 Å². The van der Waals surface area contributed by atoms with Gasteiger partial charge in [-0.05, 0) is 45.2 Å². The molecule has 0 aromatic heterocycles. The first kappa shape index (κ1) is 16.3. The van der Waals surface area contributed by atoms with Crippen molar-refractivity contribution in [2.75, 3.05) is 6.54 Å². The van der Waals surface area contributed by atoms with Crippen LogP contribution in [0.3, 0.4) is 0 Å². The molecule has 1 heterocycles. The van der Waals surface area contributed by atoms with Gasteiger partial charge in [0.2, 0.25) is 0 Å². The summed E-state index contributed by atoms with van der Waals surface area (Å²) in [6, 6.07) is 6.97. The van der Waals surface area contributed by atoms with Crippen molar-refractivity contribution < 1.29 is 19.4 Å². The van der Waals surface area contributed by atoms with E-state index in [4.69, 9.17) is 4.74 Å². The van der Waals surface area contributed by atoms with Crippen molar-refractivity contribution in [2.45, 2.75) is 45.8 Å². The topological polar surface area (TPSA) is 69.7 Å². The SMILES string of the molecule is Cc1ccccc1[C@H]1[C@H](C(=O)[O-])CCN1C(=O)OC(C)(C)C. The number of carbonyl (C=O) groups is 2. The maximum absolute atomic E-state index is 12.4. The van der Waals surface area contributed by atoms with Gasteiger partial charge in [-0.1, -0.05) is 24.3 Å². The summed E-state index contributed by atoms with van der Waals surface area (Å²) < 4.78 is 5.41. The van der Waals surface area contributed by atoms with E-state index in [1.807, 2.05) is 31.2 Å². The molecular formula is C17H22NO4-. The van der Waals surface area contributed by atoms with Crippen LogP contribution in [0.25, 0.3) is 0 Å². The Balaban J connectivity index is 2.36. The second-order valence-corrected chi connectivity index (χ2v) is 6.69. The molecule has 1 saturated heterocycles. The van der Waals surface area contributed by atoms with Crippen molar-refractivity contribution in [2.24, 2.45) is 5.92 Å². The van der Waals surface area contributed by atoms with Crippen molar-refractivity contribution in [3.05, 3.63) is 35.4 Å². The van der Waals surface area contributed by atoms with Gasteiger partial charge in [0, 0.05) is 18.4 Å². The third-order valence-electron chi connectivity index (χ3n) is 3.84. The van der Waals surface area contributed by atoms with Gasteiger partial charge < -0.3 is 19.5 Å². The van der Waals surface area contributed by atoms with E-state index in [1.165, 1.54) is 4.90 Å². The summed E-state index contributed by atoms with van der Waals surface area (Å²) in [7, 11) is 0. The molecule has 1 fully saturated rings. The summed E-state index contributed by atoms with van der Waals surface area (Å²) in [4.78, 5) is 25.4. The number of ether oxygens (including phenoxy) is 1. The normalized spacial score (nSPS) is 21.7. The molecule has 1 aromatic carbocycles. The highest BCUT2D eigenvalue weighted by Crippen LogP contribution is 2.39. The molecule has 5 heteroatoms. The number of carboxylic acids is 1. The van der Waals surface area contributed by atoms with Gasteiger partial charge in [0.05, 0.1) is 6.04 Å². The summed E-state index contributed by atoms with van der Waals surface area (Å²) in [5.41, 5.74) is 1.17. The fraction of sp³-hybridized carbons (Fsp3) is 0.529. The van der Waals surface area contributed by atoms with Crippen LogP contribution in [0.1, 0.15) is 44.4 Å². The molecule has 22 heavy (non-hydrogen) atoms. The lowest BCUT2D eigenvalue weighted by Crippen LogP contribution is -2.40. The number of hydrogen-bond donors (Lipinski definition) is 0. The molecule has 0 bridgehead atoms. The van der Waals surface area contributed by atoms with E-state index in [0.29, 0.717) is 13.0 Å². The largest absolute Gasteiger partial charge is 0.550 e. The molecule has 2 atom stereocenters. The number of benzene rings is 1. The van der Waals surface area contributed by atoms with Crippen LogP contribution in [0.5, 0.6) is 0 Å². The number of nitrogens with zero attached hydrogens (tertiary/aromatic N) is 1. The zero-order chi connectivity index (χ0) is 16.5. The summed E-state index contributed by atoms with van der Waals surface area (Å²) in [5.74, 6) is -1.84.